The van der Waals surface area contributed by atoms with Crippen molar-refractivity contribution in [1.29, 1.82) is 0 Å². The normalized spacial score (nSPS) is 11.8. The molecule has 1 aromatic heterocycles. The van der Waals surface area contributed by atoms with Crippen LogP contribution in [0.5, 0.6) is 5.75 Å². The van der Waals surface area contributed by atoms with Crippen LogP contribution in [-0.2, 0) is 6.18 Å². The molecule has 2 aromatic carbocycles. The number of aromatic amines is 1. The van der Waals surface area contributed by atoms with E-state index < -0.39 is 11.7 Å². The molecule has 1 heterocycles. The number of halogens is 3. The molecule has 0 aliphatic rings. The highest BCUT2D eigenvalue weighted by atomic mass is 32.2. The first kappa shape index (κ1) is 14.8. The molecule has 114 valence electrons. The fourth-order valence-corrected chi connectivity index (χ4v) is 3.02. The van der Waals surface area contributed by atoms with Crippen LogP contribution >= 0.6 is 11.8 Å². The Balaban J connectivity index is 2.03. The highest BCUT2D eigenvalue weighted by Crippen LogP contribution is 2.41. The van der Waals surface area contributed by atoms with E-state index >= 15 is 0 Å². The number of benzene rings is 2. The van der Waals surface area contributed by atoms with Gasteiger partial charge in [-0.1, -0.05) is 11.8 Å². The van der Waals surface area contributed by atoms with Crippen molar-refractivity contribution in [2.45, 2.75) is 16.0 Å². The van der Waals surface area contributed by atoms with Gasteiger partial charge < -0.3 is 9.72 Å². The fraction of sp³-hybridized carbons (Fsp3) is 0.133. The second-order valence-electron chi connectivity index (χ2n) is 4.54. The van der Waals surface area contributed by atoms with Gasteiger partial charge in [-0.2, -0.15) is 13.2 Å². The SMILES string of the molecule is COc1ccc(Sc2cc3nc[nH]c3cc2C(F)(F)F)cc1. The number of rotatable bonds is 3. The zero-order valence-corrected chi connectivity index (χ0v) is 12.3. The standard InChI is InChI=1S/C15H11F3N2OS/c1-21-9-2-4-10(5-3-9)22-14-7-13-12(19-8-20-13)6-11(14)15(16,17)18/h2-8H,1H3,(H,19,20). The van der Waals surface area contributed by atoms with Crippen LogP contribution in [0.1, 0.15) is 5.56 Å². The number of alkyl halides is 3. The predicted octanol–water partition coefficient (Wildman–Crippen LogP) is 4.74. The highest BCUT2D eigenvalue weighted by Gasteiger charge is 2.34. The molecule has 3 nitrogen and oxygen atoms in total. The largest absolute Gasteiger partial charge is 0.497 e. The average molecular weight is 324 g/mol. The number of hydrogen-bond acceptors (Lipinski definition) is 3. The van der Waals surface area contributed by atoms with Crippen molar-refractivity contribution in [3.8, 4) is 5.75 Å². The molecule has 0 atom stereocenters. The van der Waals surface area contributed by atoms with Gasteiger partial charge in [-0.3, -0.25) is 0 Å². The lowest BCUT2D eigenvalue weighted by Gasteiger charge is -2.12. The Bertz CT molecular complexity index is 797. The molecule has 7 heteroatoms. The monoisotopic (exact) mass is 324 g/mol. The topological polar surface area (TPSA) is 37.9 Å². The summed E-state index contributed by atoms with van der Waals surface area (Å²) in [6.07, 6.45) is -3.04. The van der Waals surface area contributed by atoms with E-state index in [1.807, 2.05) is 0 Å². The highest BCUT2D eigenvalue weighted by molar-refractivity contribution is 7.99. The number of nitrogens with zero attached hydrogens (tertiary/aromatic N) is 1. The van der Waals surface area contributed by atoms with Crippen molar-refractivity contribution in [3.05, 3.63) is 48.3 Å². The van der Waals surface area contributed by atoms with Gasteiger partial charge in [0.2, 0.25) is 0 Å². The molecule has 0 unspecified atom stereocenters. The first-order chi connectivity index (χ1) is 10.5. The van der Waals surface area contributed by atoms with E-state index in [9.17, 15) is 13.2 Å². The van der Waals surface area contributed by atoms with Crippen LogP contribution in [0.3, 0.4) is 0 Å². The van der Waals surface area contributed by atoms with Crippen molar-refractivity contribution in [3.63, 3.8) is 0 Å². The summed E-state index contributed by atoms with van der Waals surface area (Å²) >= 11 is 1.05. The van der Waals surface area contributed by atoms with E-state index in [0.717, 1.165) is 17.8 Å². The molecule has 0 radical (unpaired) electrons. The van der Waals surface area contributed by atoms with Crippen LogP contribution in [0.15, 0.2) is 52.5 Å². The van der Waals surface area contributed by atoms with Crippen LogP contribution in [0.25, 0.3) is 11.0 Å². The number of ether oxygens (including phenoxy) is 1. The van der Waals surface area contributed by atoms with Gasteiger partial charge in [-0.05, 0) is 36.4 Å². The molecule has 3 aromatic rings. The molecule has 22 heavy (non-hydrogen) atoms. The fourth-order valence-electron chi connectivity index (χ4n) is 2.04. The zero-order chi connectivity index (χ0) is 15.7. The third-order valence-electron chi connectivity index (χ3n) is 3.11. The maximum atomic E-state index is 13.2. The van der Waals surface area contributed by atoms with Gasteiger partial charge in [0.05, 0.1) is 30.0 Å². The molecule has 0 spiro atoms. The van der Waals surface area contributed by atoms with Crippen LogP contribution in [0, 0.1) is 0 Å². The summed E-state index contributed by atoms with van der Waals surface area (Å²) in [7, 11) is 1.54. The first-order valence-corrected chi connectivity index (χ1v) is 7.15. The molecule has 0 fully saturated rings. The minimum absolute atomic E-state index is 0.122. The average Bonchev–Trinajstić information content (AvgIpc) is 2.93. The Hall–Kier alpha value is -2.15. The summed E-state index contributed by atoms with van der Waals surface area (Å²) < 4.78 is 44.8. The van der Waals surface area contributed by atoms with Gasteiger partial charge in [0, 0.05) is 9.79 Å². The maximum Gasteiger partial charge on any atom is 0.417 e. The molecule has 0 saturated carbocycles. The lowest BCUT2D eigenvalue weighted by atomic mass is 10.2. The van der Waals surface area contributed by atoms with Crippen LogP contribution in [-0.4, -0.2) is 17.1 Å². The lowest BCUT2D eigenvalue weighted by Crippen LogP contribution is -2.06. The predicted molar refractivity (Wildman–Crippen MR) is 78.2 cm³/mol. The van der Waals surface area contributed by atoms with Gasteiger partial charge in [-0.25, -0.2) is 4.98 Å². The van der Waals surface area contributed by atoms with E-state index in [4.69, 9.17) is 4.74 Å². The number of aromatic nitrogens is 2. The summed E-state index contributed by atoms with van der Waals surface area (Å²) in [4.78, 5) is 7.53. The number of H-pyrrole nitrogens is 1. The second-order valence-corrected chi connectivity index (χ2v) is 5.66. The van der Waals surface area contributed by atoms with E-state index in [0.29, 0.717) is 21.7 Å². The quantitative estimate of drug-likeness (QED) is 0.756. The molecule has 0 amide bonds. The maximum absolute atomic E-state index is 13.2. The molecule has 3 rings (SSSR count). The molecule has 0 aliphatic heterocycles. The molecule has 1 N–H and O–H groups in total. The van der Waals surface area contributed by atoms with Crippen molar-refractivity contribution < 1.29 is 17.9 Å². The Morgan fingerprint density at radius 1 is 1.14 bits per heavy atom. The number of nitrogens with one attached hydrogen (secondary N) is 1. The smallest absolute Gasteiger partial charge is 0.417 e. The minimum atomic E-state index is -4.42. The van der Waals surface area contributed by atoms with Crippen molar-refractivity contribution >= 4 is 22.8 Å². The zero-order valence-electron chi connectivity index (χ0n) is 11.4. The number of hydrogen-bond donors (Lipinski definition) is 1. The van der Waals surface area contributed by atoms with Gasteiger partial charge in [0.25, 0.3) is 0 Å². The lowest BCUT2D eigenvalue weighted by molar-refractivity contribution is -0.139. The Kier molecular flexibility index (Phi) is 3.74. The molecule has 0 saturated heterocycles. The van der Waals surface area contributed by atoms with Crippen LogP contribution < -0.4 is 4.74 Å². The Morgan fingerprint density at radius 2 is 1.86 bits per heavy atom. The van der Waals surface area contributed by atoms with E-state index in [1.165, 1.54) is 19.5 Å². The second kappa shape index (κ2) is 5.57. The van der Waals surface area contributed by atoms with Crippen LogP contribution in [0.2, 0.25) is 0 Å². The summed E-state index contributed by atoms with van der Waals surface area (Å²) in [5.74, 6) is 0.656. The Labute approximate surface area is 128 Å². The Morgan fingerprint density at radius 3 is 2.50 bits per heavy atom. The summed E-state index contributed by atoms with van der Waals surface area (Å²) in [6, 6.07) is 9.40. The molecular formula is C15H11F3N2OS. The minimum Gasteiger partial charge on any atom is -0.497 e. The van der Waals surface area contributed by atoms with Crippen molar-refractivity contribution in [2.24, 2.45) is 0 Å². The van der Waals surface area contributed by atoms with E-state index in [2.05, 4.69) is 9.97 Å². The summed E-state index contributed by atoms with van der Waals surface area (Å²) in [5, 5.41) is 0. The van der Waals surface area contributed by atoms with E-state index in [1.54, 1.807) is 24.3 Å². The molecular weight excluding hydrogens is 313 g/mol. The van der Waals surface area contributed by atoms with Crippen molar-refractivity contribution in [1.82, 2.24) is 9.97 Å². The van der Waals surface area contributed by atoms with Gasteiger partial charge in [0.15, 0.2) is 0 Å². The van der Waals surface area contributed by atoms with Gasteiger partial charge in [-0.15, -0.1) is 0 Å². The summed E-state index contributed by atoms with van der Waals surface area (Å²) in [5.41, 5.74) is 0.195. The number of fused-ring (bicyclic) bond motifs is 1. The molecule has 0 aliphatic carbocycles. The van der Waals surface area contributed by atoms with Crippen LogP contribution in [0.4, 0.5) is 13.2 Å². The number of methoxy groups -OCH3 is 1. The third-order valence-corrected chi connectivity index (χ3v) is 4.18. The summed E-state index contributed by atoms with van der Waals surface area (Å²) in [6.45, 7) is 0. The third kappa shape index (κ3) is 2.89. The molecule has 0 bridgehead atoms. The van der Waals surface area contributed by atoms with E-state index in [-0.39, 0.29) is 4.90 Å². The van der Waals surface area contributed by atoms with Gasteiger partial charge >= 0.3 is 6.18 Å². The number of imidazole rings is 1. The van der Waals surface area contributed by atoms with Crippen molar-refractivity contribution in [2.75, 3.05) is 7.11 Å². The first-order valence-electron chi connectivity index (χ1n) is 6.33. The van der Waals surface area contributed by atoms with Gasteiger partial charge in [0.1, 0.15) is 5.75 Å².